The lowest BCUT2D eigenvalue weighted by molar-refractivity contribution is -0.146. The number of carbonyl (C=O) groups is 1. The Labute approximate surface area is 98.9 Å². The van der Waals surface area contributed by atoms with Crippen LogP contribution in [0.1, 0.15) is 53.4 Å². The fourth-order valence-corrected chi connectivity index (χ4v) is 2.14. The van der Waals surface area contributed by atoms with Gasteiger partial charge in [-0.15, -0.1) is 0 Å². The van der Waals surface area contributed by atoms with E-state index in [4.69, 9.17) is 4.74 Å². The van der Waals surface area contributed by atoms with Crippen molar-refractivity contribution in [3.05, 3.63) is 0 Å². The van der Waals surface area contributed by atoms with Crippen LogP contribution in [0.25, 0.3) is 0 Å². The summed E-state index contributed by atoms with van der Waals surface area (Å²) >= 11 is 0. The van der Waals surface area contributed by atoms with E-state index in [9.17, 15) is 4.79 Å². The molecular weight excluding hydrogens is 202 g/mol. The highest BCUT2D eigenvalue weighted by Crippen LogP contribution is 2.34. The SMILES string of the molecule is CC(C)OC(=O)CNC1CCC(C)(C)CC1. The number of esters is 1. The molecule has 3 heteroatoms. The van der Waals surface area contributed by atoms with Gasteiger partial charge in [-0.3, -0.25) is 4.79 Å². The van der Waals surface area contributed by atoms with E-state index in [-0.39, 0.29) is 12.1 Å². The van der Waals surface area contributed by atoms with E-state index in [1.807, 2.05) is 13.8 Å². The highest BCUT2D eigenvalue weighted by molar-refractivity contribution is 5.71. The van der Waals surface area contributed by atoms with Crippen molar-refractivity contribution in [2.24, 2.45) is 5.41 Å². The second kappa shape index (κ2) is 5.67. The molecule has 1 rings (SSSR count). The summed E-state index contributed by atoms with van der Waals surface area (Å²) in [6.45, 7) is 8.73. The molecule has 94 valence electrons. The van der Waals surface area contributed by atoms with Crippen molar-refractivity contribution in [2.45, 2.75) is 65.5 Å². The second-order valence-electron chi connectivity index (χ2n) is 5.86. The lowest BCUT2D eigenvalue weighted by Gasteiger charge is -2.34. The molecule has 1 aliphatic carbocycles. The van der Waals surface area contributed by atoms with Crippen molar-refractivity contribution in [2.75, 3.05) is 6.54 Å². The fourth-order valence-electron chi connectivity index (χ4n) is 2.14. The van der Waals surface area contributed by atoms with Gasteiger partial charge in [0.05, 0.1) is 12.6 Å². The van der Waals surface area contributed by atoms with E-state index in [2.05, 4.69) is 19.2 Å². The average molecular weight is 227 g/mol. The summed E-state index contributed by atoms with van der Waals surface area (Å²) in [4.78, 5) is 11.3. The highest BCUT2D eigenvalue weighted by atomic mass is 16.5. The minimum absolute atomic E-state index is 0.0143. The molecule has 3 nitrogen and oxygen atoms in total. The van der Waals surface area contributed by atoms with Crippen LogP contribution in [0.15, 0.2) is 0 Å². The molecule has 0 spiro atoms. The standard InChI is InChI=1S/C13H25NO2/c1-10(2)16-12(15)9-14-11-5-7-13(3,4)8-6-11/h10-11,14H,5-9H2,1-4H3. The summed E-state index contributed by atoms with van der Waals surface area (Å²) in [7, 11) is 0. The molecule has 16 heavy (non-hydrogen) atoms. The highest BCUT2D eigenvalue weighted by Gasteiger charge is 2.26. The molecule has 0 aromatic rings. The number of hydrogen-bond donors (Lipinski definition) is 1. The Bertz CT molecular complexity index is 226. The van der Waals surface area contributed by atoms with Gasteiger partial charge in [0.15, 0.2) is 0 Å². The Morgan fingerprint density at radius 3 is 2.44 bits per heavy atom. The van der Waals surface area contributed by atoms with Crippen LogP contribution in [0.4, 0.5) is 0 Å². The quantitative estimate of drug-likeness (QED) is 0.750. The molecule has 0 aromatic carbocycles. The summed E-state index contributed by atoms with van der Waals surface area (Å²) in [5, 5.41) is 3.29. The van der Waals surface area contributed by atoms with Crippen LogP contribution < -0.4 is 5.32 Å². The van der Waals surface area contributed by atoms with E-state index in [0.717, 1.165) is 0 Å². The zero-order valence-electron chi connectivity index (χ0n) is 11.0. The lowest BCUT2D eigenvalue weighted by Crippen LogP contribution is -2.39. The largest absolute Gasteiger partial charge is 0.462 e. The van der Waals surface area contributed by atoms with Gasteiger partial charge in [0.1, 0.15) is 0 Å². The maximum atomic E-state index is 11.3. The van der Waals surface area contributed by atoms with Crippen molar-refractivity contribution < 1.29 is 9.53 Å². The van der Waals surface area contributed by atoms with Crippen molar-refractivity contribution in [1.29, 1.82) is 0 Å². The van der Waals surface area contributed by atoms with Crippen molar-refractivity contribution in [1.82, 2.24) is 5.32 Å². The number of nitrogens with one attached hydrogen (secondary N) is 1. The van der Waals surface area contributed by atoms with Crippen LogP contribution in [0.2, 0.25) is 0 Å². The van der Waals surface area contributed by atoms with E-state index in [1.54, 1.807) is 0 Å². The first-order valence-corrected chi connectivity index (χ1v) is 6.32. The summed E-state index contributed by atoms with van der Waals surface area (Å²) in [5.74, 6) is -0.139. The predicted octanol–water partition coefficient (Wildman–Crippen LogP) is 2.50. The van der Waals surface area contributed by atoms with E-state index >= 15 is 0 Å². The van der Waals surface area contributed by atoms with Gasteiger partial charge in [-0.1, -0.05) is 13.8 Å². The van der Waals surface area contributed by atoms with Crippen LogP contribution in [0.5, 0.6) is 0 Å². The van der Waals surface area contributed by atoms with Crippen LogP contribution >= 0.6 is 0 Å². The molecule has 0 saturated heterocycles. The van der Waals surface area contributed by atoms with E-state index in [1.165, 1.54) is 25.7 Å². The van der Waals surface area contributed by atoms with Crippen molar-refractivity contribution >= 4 is 5.97 Å². The van der Waals surface area contributed by atoms with Gasteiger partial charge in [0.25, 0.3) is 0 Å². The summed E-state index contributed by atoms with van der Waals surface area (Å²) in [6.07, 6.45) is 4.80. The van der Waals surface area contributed by atoms with Gasteiger partial charge in [-0.25, -0.2) is 0 Å². The minimum Gasteiger partial charge on any atom is -0.462 e. The molecule has 0 heterocycles. The third kappa shape index (κ3) is 4.97. The number of rotatable bonds is 4. The number of ether oxygens (including phenoxy) is 1. The third-order valence-electron chi connectivity index (χ3n) is 3.24. The van der Waals surface area contributed by atoms with Gasteiger partial charge in [-0.2, -0.15) is 0 Å². The Hall–Kier alpha value is -0.570. The Morgan fingerprint density at radius 1 is 1.38 bits per heavy atom. The fraction of sp³-hybridized carbons (Fsp3) is 0.923. The first-order chi connectivity index (χ1) is 7.39. The molecule has 1 aliphatic rings. The monoisotopic (exact) mass is 227 g/mol. The molecule has 0 amide bonds. The average Bonchev–Trinajstić information content (AvgIpc) is 2.15. The van der Waals surface area contributed by atoms with Crippen LogP contribution in [-0.4, -0.2) is 24.7 Å². The molecule has 0 radical (unpaired) electrons. The molecule has 0 bridgehead atoms. The lowest BCUT2D eigenvalue weighted by atomic mass is 9.75. The predicted molar refractivity (Wildman–Crippen MR) is 65.3 cm³/mol. The van der Waals surface area contributed by atoms with Gasteiger partial charge in [-0.05, 0) is 44.9 Å². The summed E-state index contributed by atoms with van der Waals surface area (Å²) < 4.78 is 5.08. The van der Waals surface area contributed by atoms with E-state index < -0.39 is 0 Å². The van der Waals surface area contributed by atoms with Crippen LogP contribution in [0, 0.1) is 5.41 Å². The van der Waals surface area contributed by atoms with Gasteiger partial charge >= 0.3 is 5.97 Å². The van der Waals surface area contributed by atoms with Crippen molar-refractivity contribution in [3.63, 3.8) is 0 Å². The molecule has 1 saturated carbocycles. The molecule has 0 unspecified atom stereocenters. The minimum atomic E-state index is -0.139. The van der Waals surface area contributed by atoms with Crippen LogP contribution in [-0.2, 0) is 9.53 Å². The first-order valence-electron chi connectivity index (χ1n) is 6.32. The molecule has 1 fully saturated rings. The van der Waals surface area contributed by atoms with Gasteiger partial charge < -0.3 is 10.1 Å². The molecular formula is C13H25NO2. The Kier molecular flexibility index (Phi) is 4.78. The normalized spacial score (nSPS) is 21.1. The second-order valence-corrected chi connectivity index (χ2v) is 5.86. The first kappa shape index (κ1) is 13.5. The molecule has 0 aliphatic heterocycles. The zero-order valence-corrected chi connectivity index (χ0v) is 11.0. The zero-order chi connectivity index (χ0) is 12.2. The smallest absolute Gasteiger partial charge is 0.320 e. The Balaban J connectivity index is 2.17. The Morgan fingerprint density at radius 2 is 1.94 bits per heavy atom. The van der Waals surface area contributed by atoms with Gasteiger partial charge in [0, 0.05) is 6.04 Å². The maximum Gasteiger partial charge on any atom is 0.320 e. The topological polar surface area (TPSA) is 38.3 Å². The molecule has 0 aromatic heterocycles. The number of carbonyl (C=O) groups excluding carboxylic acids is 1. The van der Waals surface area contributed by atoms with E-state index in [0.29, 0.717) is 18.0 Å². The summed E-state index contributed by atoms with van der Waals surface area (Å²) in [5.41, 5.74) is 0.483. The molecule has 1 N–H and O–H groups in total. The maximum absolute atomic E-state index is 11.3. The third-order valence-corrected chi connectivity index (χ3v) is 3.24. The van der Waals surface area contributed by atoms with Crippen LogP contribution in [0.3, 0.4) is 0 Å². The number of hydrogen-bond acceptors (Lipinski definition) is 3. The molecule has 0 atom stereocenters. The summed E-state index contributed by atoms with van der Waals surface area (Å²) in [6, 6.07) is 0.493. The van der Waals surface area contributed by atoms with Gasteiger partial charge in [0.2, 0.25) is 0 Å². The van der Waals surface area contributed by atoms with Crippen molar-refractivity contribution in [3.8, 4) is 0 Å².